The van der Waals surface area contributed by atoms with E-state index < -0.39 is 0 Å². The molecule has 0 aliphatic carbocycles. The van der Waals surface area contributed by atoms with Gasteiger partial charge in [-0.3, -0.25) is 14.5 Å². The predicted octanol–water partition coefficient (Wildman–Crippen LogP) is 2.22. The van der Waals surface area contributed by atoms with Crippen LogP contribution < -0.4 is 10.6 Å². The second kappa shape index (κ2) is 10.3. The summed E-state index contributed by atoms with van der Waals surface area (Å²) in [5.41, 5.74) is 5.11. The quantitative estimate of drug-likeness (QED) is 0.388. The second-order valence-corrected chi connectivity index (χ2v) is 6.45. The van der Waals surface area contributed by atoms with Gasteiger partial charge in [0.15, 0.2) is 5.96 Å². The van der Waals surface area contributed by atoms with Gasteiger partial charge in [-0.15, -0.1) is 24.0 Å². The Morgan fingerprint density at radius 2 is 1.74 bits per heavy atom. The highest BCUT2D eigenvalue weighted by molar-refractivity contribution is 14.0. The smallest absolute Gasteiger partial charge is 0.253 e. The fourth-order valence-electron chi connectivity index (χ4n) is 2.68. The monoisotopic (exact) mass is 484 g/mol. The van der Waals surface area contributed by atoms with Gasteiger partial charge in [-0.2, -0.15) is 5.10 Å². The molecule has 0 unspecified atom stereocenters. The van der Waals surface area contributed by atoms with Gasteiger partial charge in [0.1, 0.15) is 0 Å². The molecule has 0 aliphatic heterocycles. The van der Waals surface area contributed by atoms with Gasteiger partial charge in [-0.25, -0.2) is 0 Å². The van der Waals surface area contributed by atoms with Crippen LogP contribution in [-0.4, -0.2) is 47.7 Å². The number of amides is 1. The molecule has 1 heterocycles. The summed E-state index contributed by atoms with van der Waals surface area (Å²) in [5, 5.41) is 11.0. The number of guanidine groups is 1. The first-order valence-electron chi connectivity index (χ1n) is 8.57. The van der Waals surface area contributed by atoms with Crippen molar-refractivity contribution in [2.45, 2.75) is 26.9 Å². The van der Waals surface area contributed by atoms with Crippen molar-refractivity contribution in [2.24, 2.45) is 12.0 Å². The maximum Gasteiger partial charge on any atom is 0.253 e. The molecular formula is C19H29IN6O. The Balaban J connectivity index is 0.00000364. The number of nitrogens with one attached hydrogen (secondary N) is 2. The molecule has 148 valence electrons. The Morgan fingerprint density at radius 1 is 1.15 bits per heavy atom. The number of aromatic nitrogens is 2. The third-order valence-electron chi connectivity index (χ3n) is 4.38. The first-order valence-corrected chi connectivity index (χ1v) is 8.57. The van der Waals surface area contributed by atoms with E-state index in [-0.39, 0.29) is 29.9 Å². The minimum atomic E-state index is 0. The maximum absolute atomic E-state index is 11.9. The van der Waals surface area contributed by atoms with E-state index in [9.17, 15) is 4.79 Å². The third-order valence-corrected chi connectivity index (χ3v) is 4.38. The van der Waals surface area contributed by atoms with Crippen molar-refractivity contribution in [3.05, 3.63) is 52.3 Å². The summed E-state index contributed by atoms with van der Waals surface area (Å²) >= 11 is 0. The zero-order chi connectivity index (χ0) is 19.3. The van der Waals surface area contributed by atoms with E-state index in [4.69, 9.17) is 0 Å². The van der Waals surface area contributed by atoms with Crippen LogP contribution in [0.3, 0.4) is 0 Å². The molecule has 0 saturated carbocycles. The van der Waals surface area contributed by atoms with E-state index in [0.29, 0.717) is 18.7 Å². The van der Waals surface area contributed by atoms with Gasteiger partial charge in [0.2, 0.25) is 0 Å². The van der Waals surface area contributed by atoms with Crippen LogP contribution in [-0.2, 0) is 20.1 Å². The van der Waals surface area contributed by atoms with Crippen molar-refractivity contribution in [3.8, 4) is 0 Å². The number of rotatable bonds is 5. The van der Waals surface area contributed by atoms with E-state index in [2.05, 4.69) is 27.6 Å². The van der Waals surface area contributed by atoms with Crippen molar-refractivity contribution in [3.63, 3.8) is 0 Å². The summed E-state index contributed by atoms with van der Waals surface area (Å²) in [7, 11) is 7.19. The molecule has 1 amide bonds. The Morgan fingerprint density at radius 3 is 2.22 bits per heavy atom. The van der Waals surface area contributed by atoms with Crippen molar-refractivity contribution in [2.75, 3.05) is 21.1 Å². The molecule has 7 nitrogen and oxygen atoms in total. The zero-order valence-electron chi connectivity index (χ0n) is 16.8. The van der Waals surface area contributed by atoms with Gasteiger partial charge >= 0.3 is 0 Å². The summed E-state index contributed by atoms with van der Waals surface area (Å²) in [4.78, 5) is 17.7. The summed E-state index contributed by atoms with van der Waals surface area (Å²) in [6, 6.07) is 7.59. The molecule has 0 atom stereocenters. The van der Waals surface area contributed by atoms with Gasteiger partial charge in [0, 0.05) is 58.1 Å². The third kappa shape index (κ3) is 5.95. The number of hydrogen-bond donors (Lipinski definition) is 2. The lowest BCUT2D eigenvalue weighted by Crippen LogP contribution is -2.36. The highest BCUT2D eigenvalue weighted by Gasteiger charge is 2.10. The van der Waals surface area contributed by atoms with Gasteiger partial charge in [-0.05, 0) is 31.5 Å². The lowest BCUT2D eigenvalue weighted by atomic mass is 10.1. The number of hydrogen-bond acceptors (Lipinski definition) is 3. The van der Waals surface area contributed by atoms with Crippen LogP contribution in [0, 0.1) is 13.8 Å². The van der Waals surface area contributed by atoms with Gasteiger partial charge in [0.25, 0.3) is 5.91 Å². The van der Waals surface area contributed by atoms with Gasteiger partial charge in [-0.1, -0.05) is 12.1 Å². The maximum atomic E-state index is 11.9. The van der Waals surface area contributed by atoms with Crippen LogP contribution in [0.25, 0.3) is 0 Å². The van der Waals surface area contributed by atoms with Crippen LogP contribution in [0.1, 0.15) is 32.9 Å². The van der Waals surface area contributed by atoms with Crippen LogP contribution in [0.15, 0.2) is 29.3 Å². The zero-order valence-corrected chi connectivity index (χ0v) is 19.2. The van der Waals surface area contributed by atoms with Crippen molar-refractivity contribution < 1.29 is 4.79 Å². The molecule has 2 aromatic rings. The average Bonchev–Trinajstić information content (AvgIpc) is 2.87. The van der Waals surface area contributed by atoms with Gasteiger partial charge in [0.05, 0.1) is 5.69 Å². The molecule has 2 N–H and O–H groups in total. The number of carbonyl (C=O) groups excluding carboxylic acids is 1. The molecule has 8 heteroatoms. The average molecular weight is 484 g/mol. The number of benzene rings is 1. The Labute approximate surface area is 178 Å². The lowest BCUT2D eigenvalue weighted by molar-refractivity contribution is 0.0827. The van der Waals surface area contributed by atoms with E-state index in [1.807, 2.05) is 42.9 Å². The number of nitrogens with zero attached hydrogens (tertiary/aromatic N) is 4. The van der Waals surface area contributed by atoms with Crippen LogP contribution in [0.4, 0.5) is 0 Å². The minimum Gasteiger partial charge on any atom is -0.352 e. The molecule has 0 saturated heterocycles. The molecule has 0 radical (unpaired) electrons. The standard InChI is InChI=1S/C19H28N6O.HI/c1-13-17(14(2)25(6)23-13)12-22-19(20-3)21-11-15-7-9-16(10-8-15)18(26)24(4)5;/h7-10H,11-12H2,1-6H3,(H2,20,21,22);1H. The summed E-state index contributed by atoms with van der Waals surface area (Å²) in [5.74, 6) is 0.727. The molecule has 2 rings (SSSR count). The van der Waals surface area contributed by atoms with Crippen molar-refractivity contribution in [1.82, 2.24) is 25.3 Å². The van der Waals surface area contributed by atoms with Crippen LogP contribution in [0.5, 0.6) is 0 Å². The first-order chi connectivity index (χ1) is 12.3. The van der Waals surface area contributed by atoms with E-state index in [0.717, 1.165) is 22.9 Å². The summed E-state index contributed by atoms with van der Waals surface area (Å²) in [6.07, 6.45) is 0. The summed E-state index contributed by atoms with van der Waals surface area (Å²) in [6.45, 7) is 5.36. The molecule has 0 aliphatic rings. The normalized spacial score (nSPS) is 11.0. The van der Waals surface area contributed by atoms with Gasteiger partial charge < -0.3 is 15.5 Å². The molecular weight excluding hydrogens is 455 g/mol. The molecule has 27 heavy (non-hydrogen) atoms. The lowest BCUT2D eigenvalue weighted by Gasteiger charge is -2.13. The van der Waals surface area contributed by atoms with Crippen LogP contribution >= 0.6 is 24.0 Å². The minimum absolute atomic E-state index is 0. The fraction of sp³-hybridized carbons (Fsp3) is 0.421. The Hall–Kier alpha value is -2.10. The second-order valence-electron chi connectivity index (χ2n) is 6.45. The molecule has 0 fully saturated rings. The topological polar surface area (TPSA) is 74.6 Å². The summed E-state index contributed by atoms with van der Waals surface area (Å²) < 4.78 is 1.89. The van der Waals surface area contributed by atoms with Crippen LogP contribution in [0.2, 0.25) is 0 Å². The Bertz CT molecular complexity index is 795. The SMILES string of the molecule is CN=C(NCc1ccc(C(=O)N(C)C)cc1)NCc1c(C)nn(C)c1C.I. The van der Waals surface area contributed by atoms with Crippen molar-refractivity contribution >= 4 is 35.8 Å². The van der Waals surface area contributed by atoms with E-state index in [1.54, 1.807) is 26.0 Å². The molecule has 0 spiro atoms. The number of aliphatic imine (C=N–C) groups is 1. The highest BCUT2D eigenvalue weighted by Crippen LogP contribution is 2.11. The largest absolute Gasteiger partial charge is 0.352 e. The fourth-order valence-corrected chi connectivity index (χ4v) is 2.68. The number of halogens is 1. The van der Waals surface area contributed by atoms with E-state index in [1.165, 1.54) is 5.56 Å². The first kappa shape index (κ1) is 22.9. The molecule has 1 aromatic carbocycles. The highest BCUT2D eigenvalue weighted by atomic mass is 127. The number of aryl methyl sites for hydroxylation is 2. The van der Waals surface area contributed by atoms with Crippen molar-refractivity contribution in [1.29, 1.82) is 0 Å². The van der Waals surface area contributed by atoms with E-state index >= 15 is 0 Å². The molecule has 1 aromatic heterocycles. The predicted molar refractivity (Wildman–Crippen MR) is 120 cm³/mol. The number of carbonyl (C=O) groups is 1. The molecule has 0 bridgehead atoms. The Kier molecular flexibility index (Phi) is 8.74.